The molecule has 1 saturated heterocycles. The quantitative estimate of drug-likeness (QED) is 0.748. The van der Waals surface area contributed by atoms with Crippen LogP contribution in [0.15, 0.2) is 29.2 Å². The summed E-state index contributed by atoms with van der Waals surface area (Å²) in [7, 11) is -3.79. The molecule has 29 heavy (non-hydrogen) atoms. The Labute approximate surface area is 171 Å². The van der Waals surface area contributed by atoms with Gasteiger partial charge >= 0.3 is 5.97 Å². The Morgan fingerprint density at radius 2 is 1.76 bits per heavy atom. The Kier molecular flexibility index (Phi) is 6.30. The van der Waals surface area contributed by atoms with E-state index in [4.69, 9.17) is 4.74 Å². The molecule has 9 heteroatoms. The minimum atomic E-state index is -3.79. The highest BCUT2D eigenvalue weighted by molar-refractivity contribution is 7.89. The first-order valence-corrected chi connectivity index (χ1v) is 11.4. The van der Waals surface area contributed by atoms with Crippen molar-refractivity contribution in [3.05, 3.63) is 29.8 Å². The summed E-state index contributed by atoms with van der Waals surface area (Å²) >= 11 is 0. The first kappa shape index (κ1) is 21.7. The molecule has 1 saturated carbocycles. The summed E-state index contributed by atoms with van der Waals surface area (Å²) in [5, 5.41) is 12.3. The fourth-order valence-corrected chi connectivity index (χ4v) is 5.75. The predicted molar refractivity (Wildman–Crippen MR) is 106 cm³/mol. The van der Waals surface area contributed by atoms with Gasteiger partial charge in [0.2, 0.25) is 10.0 Å². The SMILES string of the molecule is C[C@H]1CN(S(=O)(=O)c2cccc(C(=O)NC3(C(=O)O)CCCCC3)c2)C[C@H](C)O1. The zero-order valence-corrected chi connectivity index (χ0v) is 17.6. The molecule has 8 nitrogen and oxygen atoms in total. The minimum Gasteiger partial charge on any atom is -0.480 e. The summed E-state index contributed by atoms with van der Waals surface area (Å²) in [4.78, 5) is 24.6. The third-order valence-electron chi connectivity index (χ3n) is 5.59. The number of carbonyl (C=O) groups excluding carboxylic acids is 1. The topological polar surface area (TPSA) is 113 Å². The van der Waals surface area contributed by atoms with Crippen LogP contribution in [0.25, 0.3) is 0 Å². The lowest BCUT2D eigenvalue weighted by atomic mass is 9.81. The number of hydrogen-bond acceptors (Lipinski definition) is 5. The highest BCUT2D eigenvalue weighted by atomic mass is 32.2. The third-order valence-corrected chi connectivity index (χ3v) is 7.42. The van der Waals surface area contributed by atoms with Crippen molar-refractivity contribution in [1.29, 1.82) is 0 Å². The molecule has 2 N–H and O–H groups in total. The van der Waals surface area contributed by atoms with Gasteiger partial charge in [-0.05, 0) is 44.9 Å². The number of rotatable bonds is 5. The lowest BCUT2D eigenvalue weighted by Gasteiger charge is -2.34. The molecule has 0 spiro atoms. The molecule has 1 aromatic carbocycles. The van der Waals surface area contributed by atoms with Gasteiger partial charge in [-0.2, -0.15) is 4.31 Å². The van der Waals surface area contributed by atoms with Gasteiger partial charge in [-0.3, -0.25) is 4.79 Å². The summed E-state index contributed by atoms with van der Waals surface area (Å²) in [5.74, 6) is -1.62. The molecule has 2 atom stereocenters. The number of carboxylic acid groups (broad SMARTS) is 1. The molecule has 1 aliphatic carbocycles. The number of morpholine rings is 1. The Balaban J connectivity index is 1.83. The molecule has 0 radical (unpaired) electrons. The van der Waals surface area contributed by atoms with Crippen molar-refractivity contribution in [2.24, 2.45) is 0 Å². The first-order valence-electron chi connectivity index (χ1n) is 9.96. The van der Waals surface area contributed by atoms with Crippen LogP contribution in [0.4, 0.5) is 0 Å². The van der Waals surface area contributed by atoms with E-state index in [-0.39, 0.29) is 35.8 Å². The van der Waals surface area contributed by atoms with Gasteiger partial charge in [-0.25, -0.2) is 13.2 Å². The number of carbonyl (C=O) groups is 2. The van der Waals surface area contributed by atoms with Crippen molar-refractivity contribution in [1.82, 2.24) is 9.62 Å². The summed E-state index contributed by atoms with van der Waals surface area (Å²) in [5.41, 5.74) is -1.16. The maximum Gasteiger partial charge on any atom is 0.329 e. The lowest BCUT2D eigenvalue weighted by molar-refractivity contribution is -0.145. The second-order valence-electron chi connectivity index (χ2n) is 8.01. The number of hydrogen-bond donors (Lipinski definition) is 2. The van der Waals surface area contributed by atoms with E-state index in [9.17, 15) is 23.1 Å². The molecule has 1 aromatic rings. The van der Waals surface area contributed by atoms with Gasteiger partial charge in [-0.1, -0.05) is 25.3 Å². The molecule has 3 rings (SSSR count). The summed E-state index contributed by atoms with van der Waals surface area (Å²) < 4.78 is 33.1. The van der Waals surface area contributed by atoms with Gasteiger partial charge < -0.3 is 15.2 Å². The van der Waals surface area contributed by atoms with Crippen LogP contribution < -0.4 is 5.32 Å². The van der Waals surface area contributed by atoms with Crippen LogP contribution in [0.2, 0.25) is 0 Å². The summed E-state index contributed by atoms with van der Waals surface area (Å²) in [6.45, 7) is 4.12. The van der Waals surface area contributed by atoms with Gasteiger partial charge in [0.25, 0.3) is 5.91 Å². The second-order valence-corrected chi connectivity index (χ2v) is 9.95. The predicted octanol–water partition coefficient (Wildman–Crippen LogP) is 2.00. The molecule has 2 fully saturated rings. The van der Waals surface area contributed by atoms with Crippen molar-refractivity contribution in [3.63, 3.8) is 0 Å². The highest BCUT2D eigenvalue weighted by Crippen LogP contribution is 2.29. The Morgan fingerprint density at radius 1 is 1.14 bits per heavy atom. The van der Waals surface area contributed by atoms with Crippen LogP contribution in [0.5, 0.6) is 0 Å². The van der Waals surface area contributed by atoms with Crippen molar-refractivity contribution >= 4 is 21.9 Å². The average molecular weight is 425 g/mol. The molecule has 160 valence electrons. The van der Waals surface area contributed by atoms with Crippen molar-refractivity contribution in [2.75, 3.05) is 13.1 Å². The standard InChI is InChI=1S/C20H28N2O6S/c1-14-12-22(13-15(2)28-14)29(26,27)17-8-6-7-16(11-17)18(23)21-20(19(24)25)9-4-3-5-10-20/h6-8,11,14-15H,3-5,9-10,12-13H2,1-2H3,(H,21,23)(H,24,25)/t14-,15-/m0/s1. The number of ether oxygens (including phenoxy) is 1. The van der Waals surface area contributed by atoms with Gasteiger partial charge in [-0.15, -0.1) is 0 Å². The minimum absolute atomic E-state index is 0.0134. The number of carboxylic acids is 1. The van der Waals surface area contributed by atoms with Gasteiger partial charge in [0.15, 0.2) is 0 Å². The lowest BCUT2D eigenvalue weighted by Crippen LogP contribution is -2.55. The number of aliphatic carboxylic acids is 1. The molecule has 2 aliphatic rings. The molecular formula is C20H28N2O6S. The van der Waals surface area contributed by atoms with Gasteiger partial charge in [0.05, 0.1) is 17.1 Å². The number of nitrogens with zero attached hydrogens (tertiary/aromatic N) is 1. The van der Waals surface area contributed by atoms with Crippen LogP contribution in [0.1, 0.15) is 56.3 Å². The maximum atomic E-state index is 13.1. The smallest absolute Gasteiger partial charge is 0.329 e. The third kappa shape index (κ3) is 4.62. The second kappa shape index (κ2) is 8.41. The van der Waals surface area contributed by atoms with E-state index in [1.54, 1.807) is 0 Å². The summed E-state index contributed by atoms with van der Waals surface area (Å²) in [6.07, 6.45) is 2.70. The normalized spacial score (nSPS) is 25.3. The maximum absolute atomic E-state index is 13.1. The Bertz CT molecular complexity index is 869. The van der Waals surface area contributed by atoms with Crippen molar-refractivity contribution in [2.45, 2.75) is 68.6 Å². The molecular weight excluding hydrogens is 396 g/mol. The van der Waals surface area contributed by atoms with E-state index >= 15 is 0 Å². The van der Waals surface area contributed by atoms with Crippen LogP contribution in [-0.2, 0) is 19.6 Å². The zero-order valence-electron chi connectivity index (χ0n) is 16.8. The largest absolute Gasteiger partial charge is 0.480 e. The van der Waals surface area contributed by atoms with E-state index in [1.807, 2.05) is 13.8 Å². The molecule has 0 unspecified atom stereocenters. The number of benzene rings is 1. The van der Waals surface area contributed by atoms with E-state index in [0.717, 1.165) is 19.3 Å². The molecule has 0 bridgehead atoms. The monoisotopic (exact) mass is 424 g/mol. The van der Waals surface area contributed by atoms with Gasteiger partial charge in [0.1, 0.15) is 5.54 Å². The van der Waals surface area contributed by atoms with E-state index in [1.165, 1.54) is 28.6 Å². The molecule has 1 aliphatic heterocycles. The molecule has 1 amide bonds. The van der Waals surface area contributed by atoms with Crippen molar-refractivity contribution in [3.8, 4) is 0 Å². The molecule has 0 aromatic heterocycles. The van der Waals surface area contributed by atoms with Gasteiger partial charge in [0, 0.05) is 18.7 Å². The van der Waals surface area contributed by atoms with Crippen LogP contribution in [0.3, 0.4) is 0 Å². The van der Waals surface area contributed by atoms with E-state index in [0.29, 0.717) is 12.8 Å². The number of amides is 1. The van der Waals surface area contributed by atoms with E-state index in [2.05, 4.69) is 5.32 Å². The summed E-state index contributed by atoms with van der Waals surface area (Å²) in [6, 6.07) is 5.76. The van der Waals surface area contributed by atoms with Crippen LogP contribution in [0, 0.1) is 0 Å². The highest BCUT2D eigenvalue weighted by Gasteiger charge is 2.41. The first-order chi connectivity index (χ1) is 13.6. The Morgan fingerprint density at radius 3 is 2.34 bits per heavy atom. The van der Waals surface area contributed by atoms with Crippen LogP contribution in [-0.4, -0.2) is 60.5 Å². The number of nitrogens with one attached hydrogen (secondary N) is 1. The van der Waals surface area contributed by atoms with Crippen molar-refractivity contribution < 1.29 is 27.9 Å². The zero-order chi connectivity index (χ0) is 21.2. The average Bonchev–Trinajstić information content (AvgIpc) is 2.68. The van der Waals surface area contributed by atoms with Crippen LogP contribution >= 0.6 is 0 Å². The Hall–Kier alpha value is -1.97. The fourth-order valence-electron chi connectivity index (χ4n) is 4.11. The fraction of sp³-hybridized carbons (Fsp3) is 0.600. The number of sulfonamides is 1. The van der Waals surface area contributed by atoms with E-state index < -0.39 is 27.4 Å². The molecule has 1 heterocycles.